The first-order valence-corrected chi connectivity index (χ1v) is 6.97. The minimum Gasteiger partial charge on any atom is -0.496 e. The monoisotopic (exact) mass is 336 g/mol. The maximum absolute atomic E-state index is 5.47. The molecular weight excluding hydrogens is 320 g/mol. The number of hydrogen-bond donors (Lipinski definition) is 1. The van der Waals surface area contributed by atoms with Crippen LogP contribution in [-0.2, 0) is 0 Å². The molecule has 0 unspecified atom stereocenters. The SMILES string of the molecule is COc1ccc(Nc2cc(C)c(Br)cn2)c(OC)c1C. The van der Waals surface area contributed by atoms with Gasteiger partial charge in [0.2, 0.25) is 0 Å². The molecule has 0 saturated carbocycles. The van der Waals surface area contributed by atoms with Gasteiger partial charge in [-0.1, -0.05) is 0 Å². The lowest BCUT2D eigenvalue weighted by atomic mass is 10.1. The number of nitrogens with one attached hydrogen (secondary N) is 1. The van der Waals surface area contributed by atoms with Gasteiger partial charge >= 0.3 is 0 Å². The van der Waals surface area contributed by atoms with Crippen LogP contribution < -0.4 is 14.8 Å². The fraction of sp³-hybridized carbons (Fsp3) is 0.267. The molecule has 4 nitrogen and oxygen atoms in total. The molecule has 0 aliphatic carbocycles. The average Bonchev–Trinajstić information content (AvgIpc) is 2.43. The van der Waals surface area contributed by atoms with Gasteiger partial charge in [-0.15, -0.1) is 0 Å². The van der Waals surface area contributed by atoms with Crippen molar-refractivity contribution in [2.75, 3.05) is 19.5 Å². The number of anilines is 2. The zero-order valence-electron chi connectivity index (χ0n) is 12.0. The van der Waals surface area contributed by atoms with E-state index >= 15 is 0 Å². The van der Waals surface area contributed by atoms with Gasteiger partial charge in [0.05, 0.1) is 19.9 Å². The number of rotatable bonds is 4. The summed E-state index contributed by atoms with van der Waals surface area (Å²) in [4.78, 5) is 4.34. The van der Waals surface area contributed by atoms with E-state index in [0.29, 0.717) is 0 Å². The summed E-state index contributed by atoms with van der Waals surface area (Å²) in [6.45, 7) is 3.98. The van der Waals surface area contributed by atoms with Crippen LogP contribution in [0.4, 0.5) is 11.5 Å². The second kappa shape index (κ2) is 6.13. The first kappa shape index (κ1) is 14.7. The van der Waals surface area contributed by atoms with Crippen LogP contribution >= 0.6 is 15.9 Å². The molecule has 20 heavy (non-hydrogen) atoms. The van der Waals surface area contributed by atoms with Gasteiger partial charge in [0.25, 0.3) is 0 Å². The summed E-state index contributed by atoms with van der Waals surface area (Å²) < 4.78 is 11.8. The van der Waals surface area contributed by atoms with E-state index in [1.807, 2.05) is 32.0 Å². The molecule has 0 amide bonds. The molecule has 0 saturated heterocycles. The van der Waals surface area contributed by atoms with Gasteiger partial charge in [0.1, 0.15) is 17.3 Å². The molecule has 0 bridgehead atoms. The molecular formula is C15H17BrN2O2. The largest absolute Gasteiger partial charge is 0.496 e. The lowest BCUT2D eigenvalue weighted by Gasteiger charge is -2.15. The number of benzene rings is 1. The number of aryl methyl sites for hydroxylation is 1. The second-order valence-electron chi connectivity index (χ2n) is 4.42. The van der Waals surface area contributed by atoms with Crippen molar-refractivity contribution >= 4 is 27.4 Å². The van der Waals surface area contributed by atoms with E-state index in [2.05, 4.69) is 26.2 Å². The summed E-state index contributed by atoms with van der Waals surface area (Å²) in [6.07, 6.45) is 1.78. The van der Waals surface area contributed by atoms with Crippen LogP contribution in [0.1, 0.15) is 11.1 Å². The summed E-state index contributed by atoms with van der Waals surface area (Å²) in [5, 5.41) is 3.27. The summed E-state index contributed by atoms with van der Waals surface area (Å²) in [5.41, 5.74) is 2.93. The molecule has 2 aromatic rings. The van der Waals surface area contributed by atoms with E-state index in [1.54, 1.807) is 20.4 Å². The highest BCUT2D eigenvalue weighted by Gasteiger charge is 2.12. The average molecular weight is 337 g/mol. The number of methoxy groups -OCH3 is 2. The molecule has 0 atom stereocenters. The zero-order chi connectivity index (χ0) is 14.7. The van der Waals surface area contributed by atoms with Crippen LogP contribution in [0.2, 0.25) is 0 Å². The van der Waals surface area contributed by atoms with Gasteiger partial charge in [-0.3, -0.25) is 0 Å². The highest BCUT2D eigenvalue weighted by Crippen LogP contribution is 2.36. The highest BCUT2D eigenvalue weighted by molar-refractivity contribution is 9.10. The van der Waals surface area contributed by atoms with Gasteiger partial charge in [-0.05, 0) is 53.5 Å². The van der Waals surface area contributed by atoms with Gasteiger partial charge < -0.3 is 14.8 Å². The van der Waals surface area contributed by atoms with Gasteiger partial charge in [0, 0.05) is 16.2 Å². The van der Waals surface area contributed by atoms with Gasteiger partial charge in [0.15, 0.2) is 0 Å². The molecule has 1 aromatic heterocycles. The number of nitrogens with zero attached hydrogens (tertiary/aromatic N) is 1. The van der Waals surface area contributed by atoms with Crippen LogP contribution in [-0.4, -0.2) is 19.2 Å². The van der Waals surface area contributed by atoms with Crippen LogP contribution in [0.5, 0.6) is 11.5 Å². The van der Waals surface area contributed by atoms with E-state index in [4.69, 9.17) is 9.47 Å². The quantitative estimate of drug-likeness (QED) is 0.907. The van der Waals surface area contributed by atoms with E-state index < -0.39 is 0 Å². The lowest BCUT2D eigenvalue weighted by Crippen LogP contribution is -2.00. The number of ether oxygens (including phenoxy) is 2. The standard InChI is InChI=1S/C15H17BrN2O2/c1-9-7-14(17-8-11(9)16)18-12-5-6-13(19-3)10(2)15(12)20-4/h5-8H,1-4H3,(H,17,18). The van der Waals surface area contributed by atoms with Crippen molar-refractivity contribution in [3.05, 3.63) is 40.0 Å². The number of hydrogen-bond acceptors (Lipinski definition) is 4. The molecule has 0 fully saturated rings. The molecule has 1 N–H and O–H groups in total. The minimum absolute atomic E-state index is 0.756. The Morgan fingerprint density at radius 2 is 1.90 bits per heavy atom. The topological polar surface area (TPSA) is 43.4 Å². The molecule has 0 aliphatic rings. The van der Waals surface area contributed by atoms with Crippen LogP contribution in [0, 0.1) is 13.8 Å². The molecule has 0 radical (unpaired) electrons. The fourth-order valence-electron chi connectivity index (χ4n) is 2.00. The Morgan fingerprint density at radius 1 is 1.15 bits per heavy atom. The Kier molecular flexibility index (Phi) is 4.49. The summed E-state index contributed by atoms with van der Waals surface area (Å²) in [5.74, 6) is 2.33. The Hall–Kier alpha value is -1.75. The predicted molar refractivity (Wildman–Crippen MR) is 84.2 cm³/mol. The zero-order valence-corrected chi connectivity index (χ0v) is 13.5. The molecule has 0 spiro atoms. The Bertz CT molecular complexity index is 630. The van der Waals surface area contributed by atoms with E-state index in [0.717, 1.165) is 38.6 Å². The normalized spacial score (nSPS) is 10.2. The predicted octanol–water partition coefficient (Wildman–Crippen LogP) is 4.22. The third kappa shape index (κ3) is 2.88. The molecule has 1 aromatic carbocycles. The summed E-state index contributed by atoms with van der Waals surface area (Å²) in [6, 6.07) is 5.80. The van der Waals surface area contributed by atoms with Crippen molar-refractivity contribution in [2.45, 2.75) is 13.8 Å². The third-order valence-corrected chi connectivity index (χ3v) is 3.92. The molecule has 2 rings (SSSR count). The Labute approximate surface area is 127 Å². The minimum atomic E-state index is 0.756. The second-order valence-corrected chi connectivity index (χ2v) is 5.27. The van der Waals surface area contributed by atoms with Crippen molar-refractivity contribution in [1.29, 1.82) is 0 Å². The summed E-state index contributed by atoms with van der Waals surface area (Å²) in [7, 11) is 3.29. The van der Waals surface area contributed by atoms with Crippen molar-refractivity contribution in [3.63, 3.8) is 0 Å². The van der Waals surface area contributed by atoms with Crippen molar-refractivity contribution < 1.29 is 9.47 Å². The molecule has 1 heterocycles. The smallest absolute Gasteiger partial charge is 0.148 e. The van der Waals surface area contributed by atoms with E-state index in [-0.39, 0.29) is 0 Å². The maximum Gasteiger partial charge on any atom is 0.148 e. The maximum atomic E-state index is 5.47. The number of halogens is 1. The number of aromatic nitrogens is 1. The lowest BCUT2D eigenvalue weighted by molar-refractivity contribution is 0.390. The van der Waals surface area contributed by atoms with Gasteiger partial charge in [-0.2, -0.15) is 0 Å². The van der Waals surface area contributed by atoms with Crippen LogP contribution in [0.3, 0.4) is 0 Å². The van der Waals surface area contributed by atoms with Crippen molar-refractivity contribution in [3.8, 4) is 11.5 Å². The van der Waals surface area contributed by atoms with Gasteiger partial charge in [-0.25, -0.2) is 4.98 Å². The Balaban J connectivity index is 2.38. The third-order valence-electron chi connectivity index (χ3n) is 3.09. The van der Waals surface area contributed by atoms with E-state index in [1.165, 1.54) is 0 Å². The molecule has 5 heteroatoms. The van der Waals surface area contributed by atoms with Crippen LogP contribution in [0.15, 0.2) is 28.9 Å². The molecule has 106 valence electrons. The highest BCUT2D eigenvalue weighted by atomic mass is 79.9. The first-order chi connectivity index (χ1) is 9.56. The van der Waals surface area contributed by atoms with Crippen molar-refractivity contribution in [1.82, 2.24) is 4.98 Å². The van der Waals surface area contributed by atoms with E-state index in [9.17, 15) is 0 Å². The fourth-order valence-corrected chi connectivity index (χ4v) is 2.22. The summed E-state index contributed by atoms with van der Waals surface area (Å²) >= 11 is 3.44. The van der Waals surface area contributed by atoms with Crippen molar-refractivity contribution in [2.24, 2.45) is 0 Å². The first-order valence-electron chi connectivity index (χ1n) is 6.17. The molecule has 0 aliphatic heterocycles. The Morgan fingerprint density at radius 3 is 2.50 bits per heavy atom. The number of pyridine rings is 1. The van der Waals surface area contributed by atoms with Crippen LogP contribution in [0.25, 0.3) is 0 Å².